The molecule has 0 saturated heterocycles. The number of allylic oxidation sites excluding steroid dienone is 2. The van der Waals surface area contributed by atoms with Crippen LogP contribution >= 0.6 is 0 Å². The minimum absolute atomic E-state index is 0.0106. The summed E-state index contributed by atoms with van der Waals surface area (Å²) in [4.78, 5) is 63.2. The molecule has 0 heterocycles. The molecule has 39 heavy (non-hydrogen) atoms. The molecule has 0 spiro atoms. The van der Waals surface area contributed by atoms with Crippen molar-refractivity contribution in [3.63, 3.8) is 0 Å². The molecule has 4 atom stereocenters. The molecular weight excluding hydrogens is 506 g/mol. The van der Waals surface area contributed by atoms with Crippen molar-refractivity contribution in [3.8, 4) is 0 Å². The Morgan fingerprint density at radius 2 is 1.67 bits per heavy atom. The highest BCUT2D eigenvalue weighted by Crippen LogP contribution is 2.62. The summed E-state index contributed by atoms with van der Waals surface area (Å²) in [5.41, 5.74) is -1.59. The van der Waals surface area contributed by atoms with Gasteiger partial charge in [-0.2, -0.15) is 0 Å². The molecule has 0 aliphatic heterocycles. The highest BCUT2D eigenvalue weighted by Gasteiger charge is 2.63. The van der Waals surface area contributed by atoms with E-state index in [4.69, 9.17) is 9.47 Å². The summed E-state index contributed by atoms with van der Waals surface area (Å²) in [5, 5.41) is 22.5. The molecule has 208 valence electrons. The Labute approximate surface area is 226 Å². The average Bonchev–Trinajstić information content (AvgIpc) is 2.82. The number of benzene rings is 1. The van der Waals surface area contributed by atoms with Crippen molar-refractivity contribution in [2.75, 3.05) is 0 Å². The molecule has 10 heteroatoms. The van der Waals surface area contributed by atoms with Crippen LogP contribution in [0.3, 0.4) is 0 Å². The fourth-order valence-electron chi connectivity index (χ4n) is 6.97. The number of ether oxygens (including phenoxy) is 2. The quantitative estimate of drug-likeness (QED) is 0.183. The van der Waals surface area contributed by atoms with Crippen LogP contribution in [0.15, 0.2) is 46.7 Å². The van der Waals surface area contributed by atoms with Crippen molar-refractivity contribution < 1.29 is 38.7 Å². The number of carbonyl (C=O) groups is 4. The molecule has 1 aromatic rings. The Morgan fingerprint density at radius 3 is 2.21 bits per heavy atom. The molecule has 1 aromatic carbocycles. The van der Waals surface area contributed by atoms with Crippen molar-refractivity contribution in [2.45, 2.75) is 73.0 Å². The van der Waals surface area contributed by atoms with Crippen molar-refractivity contribution in [2.24, 2.45) is 22.7 Å². The summed E-state index contributed by atoms with van der Waals surface area (Å²) in [7, 11) is 0. The summed E-state index contributed by atoms with van der Waals surface area (Å²) < 4.78 is 11.8. The standard InChI is InChI=1S/C29H33NO9/c1-14(2)18-21(32)19-20(23(34)22(18)33)29(6)13-7-12-28(4,5)26(29)25(24(19)38-15(3)31)39-27(35)16-8-10-17(11-9-16)30(36)37/h8-11,14,24-26,32H,7,12-13H2,1-6H3/t24-,25+,26-,29+/m0/s1. The zero-order valence-electron chi connectivity index (χ0n) is 22.9. The third-order valence-corrected chi connectivity index (χ3v) is 8.41. The molecule has 1 saturated carbocycles. The number of hydrogen-bond donors (Lipinski definition) is 1. The maximum atomic E-state index is 13.7. The zero-order chi connectivity index (χ0) is 29.0. The molecule has 0 aromatic heterocycles. The smallest absolute Gasteiger partial charge is 0.338 e. The molecular formula is C29H33NO9. The maximum Gasteiger partial charge on any atom is 0.338 e. The van der Waals surface area contributed by atoms with Crippen molar-refractivity contribution in [1.29, 1.82) is 0 Å². The zero-order valence-corrected chi connectivity index (χ0v) is 22.9. The highest BCUT2D eigenvalue weighted by molar-refractivity contribution is 6.50. The van der Waals surface area contributed by atoms with Gasteiger partial charge in [0.2, 0.25) is 11.6 Å². The molecule has 1 N–H and O–H groups in total. The van der Waals surface area contributed by atoms with E-state index in [-0.39, 0.29) is 28.0 Å². The van der Waals surface area contributed by atoms with Gasteiger partial charge in [-0.1, -0.05) is 41.0 Å². The van der Waals surface area contributed by atoms with Crippen molar-refractivity contribution in [3.05, 3.63) is 62.4 Å². The molecule has 3 aliphatic carbocycles. The van der Waals surface area contributed by atoms with Gasteiger partial charge in [-0.3, -0.25) is 24.5 Å². The van der Waals surface area contributed by atoms with Crippen LogP contribution in [0.25, 0.3) is 0 Å². The predicted octanol–water partition coefficient (Wildman–Crippen LogP) is 4.81. The molecule has 0 unspecified atom stereocenters. The largest absolute Gasteiger partial charge is 0.507 e. The van der Waals surface area contributed by atoms with Crippen LogP contribution in [0.2, 0.25) is 0 Å². The maximum absolute atomic E-state index is 13.7. The van der Waals surface area contributed by atoms with E-state index < -0.39 is 69.1 Å². The van der Waals surface area contributed by atoms with E-state index >= 15 is 0 Å². The number of fused-ring (bicyclic) bond motifs is 2. The minimum Gasteiger partial charge on any atom is -0.507 e. The van der Waals surface area contributed by atoms with Gasteiger partial charge in [0.05, 0.1) is 10.5 Å². The van der Waals surface area contributed by atoms with E-state index in [9.17, 15) is 34.4 Å². The van der Waals surface area contributed by atoms with Gasteiger partial charge in [0.1, 0.15) is 11.9 Å². The summed E-state index contributed by atoms with van der Waals surface area (Å²) in [6.07, 6.45) is -0.536. The first kappa shape index (κ1) is 28.2. The van der Waals surface area contributed by atoms with E-state index in [1.54, 1.807) is 13.8 Å². The van der Waals surface area contributed by atoms with Crippen molar-refractivity contribution >= 4 is 29.2 Å². The lowest BCUT2D eigenvalue weighted by molar-refractivity contribution is -0.384. The molecule has 3 aliphatic rings. The molecule has 1 fully saturated rings. The third-order valence-electron chi connectivity index (χ3n) is 8.41. The van der Waals surface area contributed by atoms with Gasteiger partial charge >= 0.3 is 11.9 Å². The first-order valence-corrected chi connectivity index (χ1v) is 13.0. The number of esters is 2. The van der Waals surface area contributed by atoms with E-state index in [2.05, 4.69) is 0 Å². The van der Waals surface area contributed by atoms with Gasteiger partial charge in [-0.25, -0.2) is 4.79 Å². The van der Waals surface area contributed by atoms with Crippen LogP contribution in [-0.2, 0) is 23.9 Å². The van der Waals surface area contributed by atoms with Gasteiger partial charge < -0.3 is 14.6 Å². The molecule has 0 radical (unpaired) electrons. The van der Waals surface area contributed by atoms with Crippen LogP contribution in [0.5, 0.6) is 0 Å². The number of carbonyl (C=O) groups excluding carboxylic acids is 4. The van der Waals surface area contributed by atoms with Crippen LogP contribution in [0, 0.1) is 32.8 Å². The molecule has 0 bridgehead atoms. The highest BCUT2D eigenvalue weighted by atomic mass is 16.6. The minimum atomic E-state index is -1.35. The van der Waals surface area contributed by atoms with Crippen LogP contribution in [-0.4, -0.2) is 45.7 Å². The fourth-order valence-corrected chi connectivity index (χ4v) is 6.97. The van der Waals surface area contributed by atoms with E-state index in [0.29, 0.717) is 6.42 Å². The lowest BCUT2D eigenvalue weighted by Crippen LogP contribution is -2.61. The Hall–Kier alpha value is -3.82. The average molecular weight is 540 g/mol. The molecule has 10 nitrogen and oxygen atoms in total. The number of nitrogens with zero attached hydrogens (tertiary/aromatic N) is 1. The van der Waals surface area contributed by atoms with Gasteiger partial charge in [-0.15, -0.1) is 0 Å². The number of aliphatic hydroxyl groups excluding tert-OH is 1. The van der Waals surface area contributed by atoms with E-state index in [1.807, 2.05) is 20.8 Å². The third kappa shape index (κ3) is 4.55. The number of nitro benzene ring substituents is 1. The summed E-state index contributed by atoms with van der Waals surface area (Å²) in [6.45, 7) is 10.3. The Morgan fingerprint density at radius 1 is 1.05 bits per heavy atom. The number of hydrogen-bond acceptors (Lipinski definition) is 9. The Bertz CT molecular complexity index is 1330. The SMILES string of the molecule is CC(=O)O[C@H]1C2=C(C(=O)C(=O)C(C(C)C)=C2O)[C@@]2(C)CCCC(C)(C)[C@@H]2[C@@H]1OC(=O)c1ccc([N+](=O)[O-])cc1. The Kier molecular flexibility index (Phi) is 7.04. The van der Waals surface area contributed by atoms with Gasteiger partial charge in [0.15, 0.2) is 6.10 Å². The first-order valence-electron chi connectivity index (χ1n) is 13.0. The van der Waals surface area contributed by atoms with Gasteiger partial charge in [0.25, 0.3) is 5.69 Å². The van der Waals surface area contributed by atoms with Crippen LogP contribution < -0.4 is 0 Å². The molecule has 0 amide bonds. The second-order valence-electron chi connectivity index (χ2n) is 11.8. The summed E-state index contributed by atoms with van der Waals surface area (Å²) >= 11 is 0. The van der Waals surface area contributed by atoms with Crippen molar-refractivity contribution in [1.82, 2.24) is 0 Å². The monoisotopic (exact) mass is 539 g/mol. The Balaban J connectivity index is 1.94. The number of ketones is 2. The fraction of sp³-hybridized carbons (Fsp3) is 0.517. The first-order chi connectivity index (χ1) is 18.1. The van der Waals surface area contributed by atoms with Crippen LogP contribution in [0.1, 0.15) is 71.2 Å². The lowest BCUT2D eigenvalue weighted by Gasteiger charge is -2.58. The number of non-ortho nitro benzene ring substituents is 1. The molecule has 4 rings (SSSR count). The van der Waals surface area contributed by atoms with E-state index in [1.165, 1.54) is 31.2 Å². The topological polar surface area (TPSA) is 150 Å². The van der Waals surface area contributed by atoms with E-state index in [0.717, 1.165) is 12.8 Å². The lowest BCUT2D eigenvalue weighted by atomic mass is 9.47. The van der Waals surface area contributed by atoms with Crippen LogP contribution in [0.4, 0.5) is 5.69 Å². The van der Waals surface area contributed by atoms with Gasteiger partial charge in [-0.05, 0) is 36.3 Å². The summed E-state index contributed by atoms with van der Waals surface area (Å²) in [5.74, 6) is -4.53. The number of nitro groups is 1. The second-order valence-corrected chi connectivity index (χ2v) is 11.8. The summed E-state index contributed by atoms with van der Waals surface area (Å²) in [6, 6.07) is 4.92. The number of aliphatic hydroxyl groups is 1. The second kappa shape index (κ2) is 9.73. The van der Waals surface area contributed by atoms with Gasteiger partial charge in [0, 0.05) is 47.1 Å². The number of rotatable bonds is 5. The normalized spacial score (nSPS) is 28.1. The number of Topliss-reactive ketones (excluding diaryl/α,β-unsaturated/α-hetero) is 2. The predicted molar refractivity (Wildman–Crippen MR) is 139 cm³/mol.